The number of ketones is 1. The van der Waals surface area contributed by atoms with Gasteiger partial charge < -0.3 is 5.11 Å². The third kappa shape index (κ3) is 2.69. The van der Waals surface area contributed by atoms with E-state index in [-0.39, 0.29) is 11.1 Å². The molecule has 0 heterocycles. The van der Waals surface area contributed by atoms with Crippen molar-refractivity contribution in [3.63, 3.8) is 0 Å². The Labute approximate surface area is 109 Å². The first-order chi connectivity index (χ1) is 9.03. The third-order valence-electron chi connectivity index (χ3n) is 2.80. The molecule has 19 heavy (non-hydrogen) atoms. The molecule has 0 aliphatic rings. The minimum atomic E-state index is -3.86. The minimum Gasteiger partial charge on any atom is -0.382 e. The zero-order chi connectivity index (χ0) is 13.9. The number of alkyl halides is 2. The largest absolute Gasteiger partial charge is 0.382 e. The Morgan fingerprint density at radius 3 is 1.95 bits per heavy atom. The van der Waals surface area contributed by atoms with Crippen LogP contribution in [0.2, 0.25) is 0 Å². The fourth-order valence-electron chi connectivity index (χ4n) is 1.75. The van der Waals surface area contributed by atoms with Crippen LogP contribution < -0.4 is 0 Å². The summed E-state index contributed by atoms with van der Waals surface area (Å²) in [5, 5.41) is 9.71. The molecule has 0 saturated carbocycles. The third-order valence-corrected chi connectivity index (χ3v) is 2.80. The monoisotopic (exact) mass is 262 g/mol. The van der Waals surface area contributed by atoms with Crippen molar-refractivity contribution < 1.29 is 18.7 Å². The highest BCUT2D eigenvalue weighted by Crippen LogP contribution is 2.34. The van der Waals surface area contributed by atoms with E-state index >= 15 is 0 Å². The molecule has 0 spiro atoms. The summed E-state index contributed by atoms with van der Waals surface area (Å²) in [6.45, 7) is 0. The highest BCUT2D eigenvalue weighted by molar-refractivity contribution is 6.01. The standard InChI is InChI=1S/C15H12F2O2/c16-15(17,13(18)11-7-3-1-4-8-11)14(19)12-9-5-2-6-10-12/h1-10,13,18H/t13-/m1/s1. The second kappa shape index (κ2) is 5.28. The lowest BCUT2D eigenvalue weighted by Gasteiger charge is -2.21. The molecule has 1 N–H and O–H groups in total. The SMILES string of the molecule is O=C(c1ccccc1)C(F)(F)[C@H](O)c1ccccc1. The number of aliphatic hydroxyl groups excluding tert-OH is 1. The number of benzene rings is 2. The van der Waals surface area contributed by atoms with Gasteiger partial charge in [-0.3, -0.25) is 4.79 Å². The highest BCUT2D eigenvalue weighted by atomic mass is 19.3. The highest BCUT2D eigenvalue weighted by Gasteiger charge is 2.47. The lowest BCUT2D eigenvalue weighted by Crippen LogP contribution is -2.35. The molecule has 2 aromatic carbocycles. The molecule has 4 heteroatoms. The summed E-state index contributed by atoms with van der Waals surface area (Å²) in [6, 6.07) is 14.6. The van der Waals surface area contributed by atoms with E-state index in [1.165, 1.54) is 48.5 Å². The molecule has 2 aromatic rings. The maximum absolute atomic E-state index is 14.0. The van der Waals surface area contributed by atoms with Gasteiger partial charge in [0.05, 0.1) is 0 Å². The van der Waals surface area contributed by atoms with Crippen LogP contribution in [0, 0.1) is 0 Å². The molecule has 0 aliphatic heterocycles. The van der Waals surface area contributed by atoms with Crippen LogP contribution >= 0.6 is 0 Å². The summed E-state index contributed by atoms with van der Waals surface area (Å²) in [4.78, 5) is 11.8. The summed E-state index contributed by atoms with van der Waals surface area (Å²) in [6.07, 6.45) is -2.15. The smallest absolute Gasteiger partial charge is 0.339 e. The normalized spacial score (nSPS) is 13.0. The average molecular weight is 262 g/mol. The van der Waals surface area contributed by atoms with Crippen LogP contribution in [0.1, 0.15) is 22.0 Å². The first-order valence-corrected chi connectivity index (χ1v) is 5.74. The maximum atomic E-state index is 14.0. The summed E-state index contributed by atoms with van der Waals surface area (Å²) in [5.41, 5.74) is -0.112. The average Bonchev–Trinajstić information content (AvgIpc) is 2.47. The van der Waals surface area contributed by atoms with E-state index in [0.29, 0.717) is 0 Å². The van der Waals surface area contributed by atoms with Crippen LogP contribution in [-0.4, -0.2) is 16.8 Å². The molecule has 98 valence electrons. The molecule has 0 radical (unpaired) electrons. The van der Waals surface area contributed by atoms with E-state index < -0.39 is 17.8 Å². The van der Waals surface area contributed by atoms with Crippen molar-refractivity contribution in [3.8, 4) is 0 Å². The van der Waals surface area contributed by atoms with Crippen LogP contribution in [0.4, 0.5) is 8.78 Å². The molecular formula is C15H12F2O2. The van der Waals surface area contributed by atoms with Gasteiger partial charge in [0.1, 0.15) is 0 Å². The maximum Gasteiger partial charge on any atom is 0.339 e. The lowest BCUT2D eigenvalue weighted by molar-refractivity contribution is -0.0792. The Balaban J connectivity index is 2.30. The van der Waals surface area contributed by atoms with E-state index in [1.54, 1.807) is 12.1 Å². The Morgan fingerprint density at radius 2 is 1.42 bits per heavy atom. The minimum absolute atomic E-state index is 0.0109. The van der Waals surface area contributed by atoms with Crippen molar-refractivity contribution >= 4 is 5.78 Å². The summed E-state index contributed by atoms with van der Waals surface area (Å²) >= 11 is 0. The van der Waals surface area contributed by atoms with Gasteiger partial charge in [-0.25, -0.2) is 0 Å². The Bertz CT molecular complexity index is 553. The number of aliphatic hydroxyl groups is 1. The Kier molecular flexibility index (Phi) is 3.71. The molecular weight excluding hydrogens is 250 g/mol. The fourth-order valence-corrected chi connectivity index (χ4v) is 1.75. The zero-order valence-electron chi connectivity index (χ0n) is 9.96. The lowest BCUT2D eigenvalue weighted by atomic mass is 9.96. The van der Waals surface area contributed by atoms with Crippen LogP contribution in [-0.2, 0) is 0 Å². The molecule has 0 fully saturated rings. The van der Waals surface area contributed by atoms with Gasteiger partial charge in [-0.15, -0.1) is 0 Å². The van der Waals surface area contributed by atoms with E-state index in [2.05, 4.69) is 0 Å². The van der Waals surface area contributed by atoms with Crippen molar-refractivity contribution in [1.82, 2.24) is 0 Å². The predicted octanol–water partition coefficient (Wildman–Crippen LogP) is 3.24. The number of rotatable bonds is 4. The molecule has 0 saturated heterocycles. The quantitative estimate of drug-likeness (QED) is 0.859. The number of carbonyl (C=O) groups is 1. The Morgan fingerprint density at radius 1 is 0.947 bits per heavy atom. The molecule has 0 unspecified atom stereocenters. The van der Waals surface area contributed by atoms with Gasteiger partial charge in [0.2, 0.25) is 5.78 Å². The van der Waals surface area contributed by atoms with Gasteiger partial charge in [-0.2, -0.15) is 8.78 Å². The Hall–Kier alpha value is -2.07. The molecule has 2 rings (SSSR count). The van der Waals surface area contributed by atoms with Gasteiger partial charge in [0.25, 0.3) is 0 Å². The molecule has 1 atom stereocenters. The van der Waals surface area contributed by atoms with Crippen molar-refractivity contribution in [3.05, 3.63) is 71.8 Å². The molecule has 0 aliphatic carbocycles. The van der Waals surface area contributed by atoms with Crippen molar-refractivity contribution in [2.24, 2.45) is 0 Å². The van der Waals surface area contributed by atoms with Crippen LogP contribution in [0.25, 0.3) is 0 Å². The number of hydrogen-bond acceptors (Lipinski definition) is 2. The second-order valence-corrected chi connectivity index (χ2v) is 4.13. The van der Waals surface area contributed by atoms with Gasteiger partial charge >= 0.3 is 5.92 Å². The number of halogens is 2. The first-order valence-electron chi connectivity index (χ1n) is 5.74. The van der Waals surface area contributed by atoms with Crippen LogP contribution in [0.5, 0.6) is 0 Å². The van der Waals surface area contributed by atoms with Gasteiger partial charge in [0.15, 0.2) is 6.10 Å². The second-order valence-electron chi connectivity index (χ2n) is 4.13. The summed E-state index contributed by atoms with van der Waals surface area (Å²) in [5.74, 6) is -5.24. The summed E-state index contributed by atoms with van der Waals surface area (Å²) < 4.78 is 28.0. The molecule has 0 amide bonds. The van der Waals surface area contributed by atoms with E-state index in [0.717, 1.165) is 0 Å². The molecule has 2 nitrogen and oxygen atoms in total. The van der Waals surface area contributed by atoms with Gasteiger partial charge in [-0.05, 0) is 5.56 Å². The van der Waals surface area contributed by atoms with Crippen molar-refractivity contribution in [2.45, 2.75) is 12.0 Å². The zero-order valence-corrected chi connectivity index (χ0v) is 9.96. The van der Waals surface area contributed by atoms with Crippen LogP contribution in [0.3, 0.4) is 0 Å². The molecule has 0 aromatic heterocycles. The van der Waals surface area contributed by atoms with Gasteiger partial charge in [0, 0.05) is 5.56 Å². The van der Waals surface area contributed by atoms with Crippen molar-refractivity contribution in [1.29, 1.82) is 0 Å². The van der Waals surface area contributed by atoms with Crippen molar-refractivity contribution in [2.75, 3.05) is 0 Å². The number of Topliss-reactive ketones (excluding diaryl/α,β-unsaturated/α-hetero) is 1. The first kappa shape index (κ1) is 13.4. The number of hydrogen-bond donors (Lipinski definition) is 1. The van der Waals surface area contributed by atoms with E-state index in [1.807, 2.05) is 0 Å². The fraction of sp³-hybridized carbons (Fsp3) is 0.133. The predicted molar refractivity (Wildman–Crippen MR) is 67.1 cm³/mol. The van der Waals surface area contributed by atoms with Gasteiger partial charge in [-0.1, -0.05) is 60.7 Å². The topological polar surface area (TPSA) is 37.3 Å². The van der Waals surface area contributed by atoms with E-state index in [4.69, 9.17) is 0 Å². The number of carbonyl (C=O) groups excluding carboxylic acids is 1. The van der Waals surface area contributed by atoms with E-state index in [9.17, 15) is 18.7 Å². The molecule has 0 bridgehead atoms. The van der Waals surface area contributed by atoms with Crippen LogP contribution in [0.15, 0.2) is 60.7 Å². The summed E-state index contributed by atoms with van der Waals surface area (Å²) in [7, 11) is 0.